The van der Waals surface area contributed by atoms with E-state index in [1.165, 1.54) is 37.6 Å². The normalized spacial score (nSPS) is 10.7. The summed E-state index contributed by atoms with van der Waals surface area (Å²) in [6.07, 6.45) is 1.47. The van der Waals surface area contributed by atoms with Gasteiger partial charge in [-0.2, -0.15) is 0 Å². The van der Waals surface area contributed by atoms with Crippen molar-refractivity contribution in [2.75, 3.05) is 12.4 Å². The van der Waals surface area contributed by atoms with E-state index in [-0.39, 0.29) is 23.0 Å². The van der Waals surface area contributed by atoms with E-state index in [1.807, 2.05) is 0 Å². The Kier molecular flexibility index (Phi) is 5.01. The van der Waals surface area contributed by atoms with Crippen LogP contribution in [0.1, 0.15) is 10.4 Å². The van der Waals surface area contributed by atoms with Crippen LogP contribution in [0.15, 0.2) is 63.6 Å². The highest BCUT2D eigenvalue weighted by Gasteiger charge is 2.17. The Morgan fingerprint density at radius 3 is 2.72 bits per heavy atom. The number of anilines is 1. The molecule has 4 aromatic rings. The predicted octanol–water partition coefficient (Wildman–Crippen LogP) is 5.05. The van der Waals surface area contributed by atoms with Gasteiger partial charge in [-0.05, 0) is 48.5 Å². The Hall–Kier alpha value is -3.65. The van der Waals surface area contributed by atoms with Gasteiger partial charge in [0.1, 0.15) is 11.6 Å². The number of carbonyl (C=O) groups excluding carboxylic acids is 1. The van der Waals surface area contributed by atoms with E-state index >= 15 is 0 Å². The van der Waals surface area contributed by atoms with E-state index in [2.05, 4.69) is 15.5 Å². The molecule has 0 bridgehead atoms. The largest absolute Gasteiger partial charge is 0.496 e. The Morgan fingerprint density at radius 2 is 1.97 bits per heavy atom. The molecule has 0 radical (unpaired) electrons. The standard InChI is InChI=1S/C20H13ClFN3O4/c1-27-16-5-4-12(21)9-15(16)18(26)23-14-8-11(7-13(22)10-14)19-24-25-20(29-19)17-3-2-6-28-17/h2-10H,1H3,(H,23,26). The zero-order valence-electron chi connectivity index (χ0n) is 15.0. The molecule has 9 heteroatoms. The highest BCUT2D eigenvalue weighted by Crippen LogP contribution is 2.28. The molecule has 29 heavy (non-hydrogen) atoms. The van der Waals surface area contributed by atoms with Crippen LogP contribution in [0, 0.1) is 5.82 Å². The van der Waals surface area contributed by atoms with Gasteiger partial charge in [0, 0.05) is 16.3 Å². The zero-order valence-corrected chi connectivity index (χ0v) is 15.7. The van der Waals surface area contributed by atoms with Gasteiger partial charge in [-0.3, -0.25) is 4.79 Å². The van der Waals surface area contributed by atoms with Gasteiger partial charge in [0.2, 0.25) is 5.89 Å². The van der Waals surface area contributed by atoms with Gasteiger partial charge in [0.15, 0.2) is 5.76 Å². The van der Waals surface area contributed by atoms with Crippen molar-refractivity contribution in [3.05, 3.63) is 71.2 Å². The Bertz CT molecular complexity index is 1170. The van der Waals surface area contributed by atoms with Crippen LogP contribution in [-0.4, -0.2) is 23.2 Å². The molecule has 0 saturated heterocycles. The van der Waals surface area contributed by atoms with Crippen molar-refractivity contribution in [2.24, 2.45) is 0 Å². The molecule has 2 aromatic carbocycles. The second-order valence-electron chi connectivity index (χ2n) is 5.92. The number of nitrogens with zero attached hydrogens (tertiary/aromatic N) is 2. The molecular weight excluding hydrogens is 401 g/mol. The van der Waals surface area contributed by atoms with E-state index < -0.39 is 11.7 Å². The molecule has 0 saturated carbocycles. The third-order valence-electron chi connectivity index (χ3n) is 3.97. The SMILES string of the molecule is COc1ccc(Cl)cc1C(=O)Nc1cc(F)cc(-c2nnc(-c3ccco3)o2)c1. The maximum atomic E-state index is 14.2. The lowest BCUT2D eigenvalue weighted by molar-refractivity contribution is 0.102. The van der Waals surface area contributed by atoms with Crippen molar-refractivity contribution in [1.29, 1.82) is 0 Å². The van der Waals surface area contributed by atoms with Crippen LogP contribution in [0.25, 0.3) is 23.1 Å². The average Bonchev–Trinajstić information content (AvgIpc) is 3.39. The monoisotopic (exact) mass is 413 g/mol. The van der Waals surface area contributed by atoms with Gasteiger partial charge in [0.05, 0.1) is 18.9 Å². The van der Waals surface area contributed by atoms with Crippen LogP contribution >= 0.6 is 11.6 Å². The van der Waals surface area contributed by atoms with Crippen molar-refractivity contribution in [3.8, 4) is 28.9 Å². The topological polar surface area (TPSA) is 90.4 Å². The van der Waals surface area contributed by atoms with Gasteiger partial charge in [0.25, 0.3) is 11.8 Å². The Morgan fingerprint density at radius 1 is 1.14 bits per heavy atom. The fourth-order valence-electron chi connectivity index (χ4n) is 2.68. The summed E-state index contributed by atoms with van der Waals surface area (Å²) in [6, 6.07) is 11.9. The summed E-state index contributed by atoms with van der Waals surface area (Å²) in [5.74, 6) is -0.142. The molecule has 1 amide bonds. The minimum Gasteiger partial charge on any atom is -0.496 e. The number of furan rings is 1. The third kappa shape index (κ3) is 3.97. The maximum Gasteiger partial charge on any atom is 0.283 e. The van der Waals surface area contributed by atoms with Crippen LogP contribution in [-0.2, 0) is 0 Å². The van der Waals surface area contributed by atoms with Crippen molar-refractivity contribution in [1.82, 2.24) is 10.2 Å². The Balaban J connectivity index is 1.62. The van der Waals surface area contributed by atoms with E-state index in [0.717, 1.165) is 0 Å². The zero-order chi connectivity index (χ0) is 20.4. The first kappa shape index (κ1) is 18.7. The lowest BCUT2D eigenvalue weighted by Gasteiger charge is -2.10. The lowest BCUT2D eigenvalue weighted by atomic mass is 10.1. The van der Waals surface area contributed by atoms with Crippen molar-refractivity contribution in [2.45, 2.75) is 0 Å². The van der Waals surface area contributed by atoms with E-state index in [9.17, 15) is 9.18 Å². The summed E-state index contributed by atoms with van der Waals surface area (Å²) in [6.45, 7) is 0. The minimum absolute atomic E-state index is 0.0757. The summed E-state index contributed by atoms with van der Waals surface area (Å²) in [4.78, 5) is 12.6. The van der Waals surface area contributed by atoms with Crippen LogP contribution < -0.4 is 10.1 Å². The van der Waals surface area contributed by atoms with Gasteiger partial charge in [-0.15, -0.1) is 10.2 Å². The lowest BCUT2D eigenvalue weighted by Crippen LogP contribution is -2.13. The number of aromatic nitrogens is 2. The first-order chi connectivity index (χ1) is 14.0. The Labute approximate surface area is 169 Å². The van der Waals surface area contributed by atoms with Gasteiger partial charge in [-0.1, -0.05) is 11.6 Å². The summed E-state index contributed by atoms with van der Waals surface area (Å²) in [5.41, 5.74) is 0.706. The second-order valence-corrected chi connectivity index (χ2v) is 6.35. The molecule has 0 spiro atoms. The molecule has 4 rings (SSSR count). The molecule has 1 N–H and O–H groups in total. The fraction of sp³-hybridized carbons (Fsp3) is 0.0500. The summed E-state index contributed by atoms with van der Waals surface area (Å²) in [7, 11) is 1.44. The van der Waals surface area contributed by atoms with E-state index in [4.69, 9.17) is 25.2 Å². The molecule has 0 unspecified atom stereocenters. The first-order valence-electron chi connectivity index (χ1n) is 8.37. The minimum atomic E-state index is -0.589. The third-order valence-corrected chi connectivity index (χ3v) is 4.20. The van der Waals surface area contributed by atoms with Gasteiger partial charge < -0.3 is 18.9 Å². The molecule has 7 nitrogen and oxygen atoms in total. The van der Waals surface area contributed by atoms with Crippen molar-refractivity contribution in [3.63, 3.8) is 0 Å². The fourth-order valence-corrected chi connectivity index (χ4v) is 2.85. The number of hydrogen-bond acceptors (Lipinski definition) is 6. The summed E-state index contributed by atoms with van der Waals surface area (Å²) < 4.78 is 30.1. The molecule has 0 aliphatic heterocycles. The molecule has 146 valence electrons. The van der Waals surface area contributed by atoms with Crippen LogP contribution in [0.4, 0.5) is 10.1 Å². The number of ether oxygens (including phenoxy) is 1. The number of nitrogens with one attached hydrogen (secondary N) is 1. The van der Waals surface area contributed by atoms with Gasteiger partial charge >= 0.3 is 0 Å². The number of carbonyl (C=O) groups is 1. The number of methoxy groups -OCH3 is 1. The predicted molar refractivity (Wildman–Crippen MR) is 103 cm³/mol. The maximum absolute atomic E-state index is 14.2. The van der Waals surface area contributed by atoms with Crippen LogP contribution in [0.3, 0.4) is 0 Å². The first-order valence-corrected chi connectivity index (χ1v) is 8.74. The van der Waals surface area contributed by atoms with Crippen molar-refractivity contribution >= 4 is 23.2 Å². The smallest absolute Gasteiger partial charge is 0.283 e. The number of halogens is 2. The number of amides is 1. The van der Waals surface area contributed by atoms with Crippen molar-refractivity contribution < 1.29 is 22.8 Å². The number of benzene rings is 2. The summed E-state index contributed by atoms with van der Waals surface area (Å²) >= 11 is 5.97. The quantitative estimate of drug-likeness (QED) is 0.492. The number of rotatable bonds is 5. The molecule has 2 aromatic heterocycles. The number of hydrogen-bond donors (Lipinski definition) is 1. The van der Waals surface area contributed by atoms with Crippen LogP contribution in [0.2, 0.25) is 5.02 Å². The molecule has 2 heterocycles. The van der Waals surface area contributed by atoms with E-state index in [0.29, 0.717) is 22.1 Å². The second kappa shape index (κ2) is 7.76. The molecular formula is C20H13ClFN3O4. The van der Waals surface area contributed by atoms with Gasteiger partial charge in [-0.25, -0.2) is 4.39 Å². The highest BCUT2D eigenvalue weighted by atomic mass is 35.5. The average molecular weight is 414 g/mol. The molecule has 0 aliphatic rings. The van der Waals surface area contributed by atoms with Crippen LogP contribution in [0.5, 0.6) is 5.75 Å². The summed E-state index contributed by atoms with van der Waals surface area (Å²) in [5, 5.41) is 10.8. The molecule has 0 fully saturated rings. The molecule has 0 atom stereocenters. The highest BCUT2D eigenvalue weighted by molar-refractivity contribution is 6.31. The molecule has 0 aliphatic carbocycles. The van der Waals surface area contributed by atoms with E-state index in [1.54, 1.807) is 24.3 Å².